The smallest absolute Gasteiger partial charge is 0.234 e. The molecule has 1 amide bonds. The Morgan fingerprint density at radius 1 is 1.03 bits per heavy atom. The molecule has 0 spiro atoms. The Kier molecular flexibility index (Phi) is 8.54. The van der Waals surface area contributed by atoms with Gasteiger partial charge in [0.15, 0.2) is 11.5 Å². The van der Waals surface area contributed by atoms with Crippen LogP contribution in [0.15, 0.2) is 53.6 Å². The number of amides is 1. The number of aryl methyl sites for hydroxylation is 1. The first-order chi connectivity index (χ1) is 17.1. The van der Waals surface area contributed by atoms with Gasteiger partial charge in [-0.1, -0.05) is 0 Å². The van der Waals surface area contributed by atoms with Gasteiger partial charge in [-0.2, -0.15) is 5.10 Å². The maximum atomic E-state index is 12.7. The second-order valence-electron chi connectivity index (χ2n) is 8.30. The van der Waals surface area contributed by atoms with Gasteiger partial charge < -0.3 is 19.5 Å². The lowest BCUT2D eigenvalue weighted by Crippen LogP contribution is -2.25. The molecule has 1 N–H and O–H groups in total. The summed E-state index contributed by atoms with van der Waals surface area (Å²) in [7, 11) is 5.09. The third-order valence-electron chi connectivity index (χ3n) is 5.95. The van der Waals surface area contributed by atoms with Crippen LogP contribution in [0.5, 0.6) is 17.2 Å². The number of likely N-dealkylation sites (tertiary alicyclic amines) is 1. The zero-order valence-corrected chi connectivity index (χ0v) is 21.3. The number of carbonyl (C=O) groups excluding carboxylic acids is 1. The highest BCUT2D eigenvalue weighted by molar-refractivity contribution is 8.00. The molecule has 0 unspecified atom stereocenters. The van der Waals surface area contributed by atoms with Gasteiger partial charge in [-0.25, -0.2) is 0 Å². The Morgan fingerprint density at radius 3 is 2.51 bits per heavy atom. The maximum Gasteiger partial charge on any atom is 0.234 e. The van der Waals surface area contributed by atoms with Gasteiger partial charge in [0.05, 0.1) is 25.7 Å². The number of thioether (sulfide) groups is 1. The molecule has 0 atom stereocenters. The third-order valence-corrected chi connectivity index (χ3v) is 6.94. The Bertz CT molecular complexity index is 1140. The quantitative estimate of drug-likeness (QED) is 0.396. The number of benzene rings is 2. The van der Waals surface area contributed by atoms with Gasteiger partial charge in [0, 0.05) is 35.9 Å². The van der Waals surface area contributed by atoms with Crippen molar-refractivity contribution in [1.29, 1.82) is 0 Å². The highest BCUT2D eigenvalue weighted by atomic mass is 32.2. The first kappa shape index (κ1) is 24.9. The number of nitrogens with one attached hydrogen (secondary N) is 1. The summed E-state index contributed by atoms with van der Waals surface area (Å²) in [6.07, 6.45) is 4.28. The molecule has 1 aliphatic rings. The molecule has 3 aromatic rings. The summed E-state index contributed by atoms with van der Waals surface area (Å²) in [5.41, 5.74) is 2.54. The van der Waals surface area contributed by atoms with Crippen molar-refractivity contribution in [1.82, 2.24) is 14.7 Å². The minimum Gasteiger partial charge on any atom is -0.493 e. The fraction of sp³-hybridized carbons (Fsp3) is 0.385. The Morgan fingerprint density at radius 2 is 1.80 bits per heavy atom. The molecule has 1 saturated heterocycles. The number of hydrogen-bond donors (Lipinski definition) is 1. The van der Waals surface area contributed by atoms with Crippen LogP contribution in [-0.4, -0.2) is 66.8 Å². The summed E-state index contributed by atoms with van der Waals surface area (Å²) in [4.78, 5) is 16.0. The fourth-order valence-corrected chi connectivity index (χ4v) is 4.84. The predicted molar refractivity (Wildman–Crippen MR) is 139 cm³/mol. The fourth-order valence-electron chi connectivity index (χ4n) is 4.12. The maximum absolute atomic E-state index is 12.7. The van der Waals surface area contributed by atoms with E-state index in [9.17, 15) is 4.79 Å². The molecule has 4 rings (SSSR count). The summed E-state index contributed by atoms with van der Waals surface area (Å²) in [6, 6.07) is 13.3. The van der Waals surface area contributed by atoms with Gasteiger partial charge >= 0.3 is 0 Å². The molecule has 8 nitrogen and oxygen atoms in total. The Balaban J connectivity index is 1.41. The van der Waals surface area contributed by atoms with E-state index >= 15 is 0 Å². The molecule has 2 heterocycles. The van der Waals surface area contributed by atoms with Crippen molar-refractivity contribution in [2.45, 2.75) is 17.7 Å². The summed E-state index contributed by atoms with van der Waals surface area (Å²) in [5, 5.41) is 7.30. The van der Waals surface area contributed by atoms with Gasteiger partial charge in [-0.05, 0) is 68.4 Å². The number of rotatable bonds is 11. The second-order valence-corrected chi connectivity index (χ2v) is 9.35. The number of ether oxygens (including phenoxy) is 3. The average molecular weight is 497 g/mol. The van der Waals surface area contributed by atoms with Crippen LogP contribution in [0.25, 0.3) is 11.3 Å². The van der Waals surface area contributed by atoms with Crippen molar-refractivity contribution in [2.24, 2.45) is 7.05 Å². The lowest BCUT2D eigenvalue weighted by molar-refractivity contribution is -0.113. The summed E-state index contributed by atoms with van der Waals surface area (Å²) in [5.74, 6) is 2.25. The van der Waals surface area contributed by atoms with E-state index in [4.69, 9.17) is 14.2 Å². The number of anilines is 1. The van der Waals surface area contributed by atoms with Gasteiger partial charge in [0.2, 0.25) is 5.91 Å². The minimum atomic E-state index is -0.0940. The minimum absolute atomic E-state index is 0.0940. The van der Waals surface area contributed by atoms with Crippen molar-refractivity contribution in [3.8, 4) is 28.5 Å². The monoisotopic (exact) mass is 496 g/mol. The molecule has 2 aromatic carbocycles. The largest absolute Gasteiger partial charge is 0.493 e. The van der Waals surface area contributed by atoms with Crippen LogP contribution >= 0.6 is 11.8 Å². The molecule has 186 valence electrons. The molecular weight excluding hydrogens is 464 g/mol. The molecule has 35 heavy (non-hydrogen) atoms. The van der Waals surface area contributed by atoms with E-state index in [1.165, 1.54) is 24.6 Å². The zero-order chi connectivity index (χ0) is 24.6. The number of aromatic nitrogens is 2. The third kappa shape index (κ3) is 6.49. The van der Waals surface area contributed by atoms with Crippen LogP contribution in [0.3, 0.4) is 0 Å². The van der Waals surface area contributed by atoms with Crippen LogP contribution in [-0.2, 0) is 11.8 Å². The predicted octanol–water partition coefficient (Wildman–Crippen LogP) is 4.31. The number of nitrogens with zero attached hydrogens (tertiary/aromatic N) is 3. The van der Waals surface area contributed by atoms with E-state index in [0.29, 0.717) is 23.8 Å². The second kappa shape index (κ2) is 12.0. The molecule has 9 heteroatoms. The van der Waals surface area contributed by atoms with Gasteiger partial charge in [0.1, 0.15) is 12.4 Å². The standard InChI is InChI=1S/C26H32N4O4S/c1-29-22(10-11-27-29)21-16-19(6-8-23(21)34-15-14-30-12-4-5-13-30)28-26(31)18-35-20-7-9-24(32-2)25(17-20)33-3/h6-11,16-17H,4-5,12-15,18H2,1-3H3,(H,28,31). The molecule has 1 aliphatic heterocycles. The van der Waals surface area contributed by atoms with Crippen LogP contribution in [0.2, 0.25) is 0 Å². The van der Waals surface area contributed by atoms with Crippen molar-refractivity contribution in [2.75, 3.05) is 51.5 Å². The molecule has 1 aromatic heterocycles. The van der Waals surface area contributed by atoms with E-state index in [0.717, 1.165) is 41.5 Å². The summed E-state index contributed by atoms with van der Waals surface area (Å²) >= 11 is 1.44. The SMILES string of the molecule is COc1ccc(SCC(=O)Nc2ccc(OCCN3CCCC3)c(-c3ccnn3C)c2)cc1OC. The van der Waals surface area contributed by atoms with Gasteiger partial charge in [0.25, 0.3) is 0 Å². The Labute approximate surface area is 210 Å². The van der Waals surface area contributed by atoms with Crippen molar-refractivity contribution in [3.63, 3.8) is 0 Å². The molecule has 0 saturated carbocycles. The Hall–Kier alpha value is -3.17. The molecule has 0 bridgehead atoms. The zero-order valence-electron chi connectivity index (χ0n) is 20.5. The van der Waals surface area contributed by atoms with Crippen LogP contribution < -0.4 is 19.5 Å². The van der Waals surface area contributed by atoms with E-state index in [1.54, 1.807) is 25.1 Å². The van der Waals surface area contributed by atoms with E-state index in [-0.39, 0.29) is 11.7 Å². The van der Waals surface area contributed by atoms with E-state index < -0.39 is 0 Å². The van der Waals surface area contributed by atoms with E-state index in [2.05, 4.69) is 15.3 Å². The van der Waals surface area contributed by atoms with Crippen LogP contribution in [0.4, 0.5) is 5.69 Å². The number of hydrogen-bond acceptors (Lipinski definition) is 7. The topological polar surface area (TPSA) is 77.9 Å². The van der Waals surface area contributed by atoms with Crippen molar-refractivity contribution in [3.05, 3.63) is 48.7 Å². The lowest BCUT2D eigenvalue weighted by Gasteiger charge is -2.17. The highest BCUT2D eigenvalue weighted by Gasteiger charge is 2.15. The average Bonchev–Trinajstić information content (AvgIpc) is 3.55. The van der Waals surface area contributed by atoms with Crippen LogP contribution in [0.1, 0.15) is 12.8 Å². The normalized spacial score (nSPS) is 13.6. The molecule has 1 fully saturated rings. The first-order valence-electron chi connectivity index (χ1n) is 11.7. The van der Waals surface area contributed by atoms with Gasteiger partial charge in [-0.3, -0.25) is 14.4 Å². The molecule has 0 aliphatic carbocycles. The lowest BCUT2D eigenvalue weighted by atomic mass is 10.1. The number of carbonyl (C=O) groups is 1. The highest BCUT2D eigenvalue weighted by Crippen LogP contribution is 2.34. The van der Waals surface area contributed by atoms with Gasteiger partial charge in [-0.15, -0.1) is 11.8 Å². The van der Waals surface area contributed by atoms with E-state index in [1.807, 2.05) is 49.5 Å². The van der Waals surface area contributed by atoms with Crippen molar-refractivity contribution >= 4 is 23.4 Å². The summed E-state index contributed by atoms with van der Waals surface area (Å²) in [6.45, 7) is 3.82. The molecule has 0 radical (unpaired) electrons. The first-order valence-corrected chi connectivity index (χ1v) is 12.7. The number of methoxy groups -OCH3 is 2. The van der Waals surface area contributed by atoms with Crippen LogP contribution in [0, 0.1) is 0 Å². The summed E-state index contributed by atoms with van der Waals surface area (Å²) < 4.78 is 18.6. The molecular formula is C26H32N4O4S. The van der Waals surface area contributed by atoms with Crippen molar-refractivity contribution < 1.29 is 19.0 Å².